The number of rotatable bonds is 6. The second kappa shape index (κ2) is 8.67. The summed E-state index contributed by atoms with van der Waals surface area (Å²) in [5.74, 6) is -0.125. The summed E-state index contributed by atoms with van der Waals surface area (Å²) >= 11 is 1.81. The van der Waals surface area contributed by atoms with Gasteiger partial charge in [-0.05, 0) is 35.9 Å². The van der Waals surface area contributed by atoms with Crippen molar-refractivity contribution in [1.82, 2.24) is 9.88 Å². The van der Waals surface area contributed by atoms with E-state index in [1.165, 1.54) is 0 Å². The van der Waals surface area contributed by atoms with Gasteiger partial charge in [-0.1, -0.05) is 55.1 Å². The third kappa shape index (κ3) is 3.96. The van der Waals surface area contributed by atoms with Gasteiger partial charge in [-0.15, -0.1) is 0 Å². The van der Waals surface area contributed by atoms with E-state index < -0.39 is 5.97 Å². The van der Waals surface area contributed by atoms with Crippen molar-refractivity contribution < 1.29 is 14.6 Å². The molecule has 0 radical (unpaired) electrons. The van der Waals surface area contributed by atoms with Crippen LogP contribution in [0, 0.1) is 0 Å². The minimum Gasteiger partial charge on any atom is -0.489 e. The standard InChI is InChI=1S/C25H23N3O3S/c1-16-14-28-23(22(27-25(28)32-16)20-7-4-5-13-26-20)19-6-2-3-8-21(19)31-15-17-9-11-18(12-10-17)24(29)30/h2-13,16,22-23H,14-15H2,1H3,(H,29,30). The number of pyridine rings is 1. The van der Waals surface area contributed by atoms with E-state index in [1.807, 2.05) is 54.4 Å². The zero-order valence-electron chi connectivity index (χ0n) is 17.6. The number of carboxylic acid groups (broad SMARTS) is 1. The van der Waals surface area contributed by atoms with E-state index in [4.69, 9.17) is 14.8 Å². The molecule has 0 saturated carbocycles. The number of para-hydroxylation sites is 1. The van der Waals surface area contributed by atoms with Crippen LogP contribution in [0.5, 0.6) is 5.75 Å². The molecule has 3 heterocycles. The number of aliphatic imine (C=N–C) groups is 1. The molecule has 0 spiro atoms. The molecule has 3 unspecified atom stereocenters. The summed E-state index contributed by atoms with van der Waals surface area (Å²) in [5, 5.41) is 10.7. The van der Waals surface area contributed by atoms with Crippen LogP contribution in [0.25, 0.3) is 0 Å². The maximum absolute atomic E-state index is 11.1. The Bertz CT molecular complexity index is 1150. The molecule has 2 aliphatic rings. The zero-order valence-corrected chi connectivity index (χ0v) is 18.4. The Hall–Kier alpha value is -3.32. The fraction of sp³-hybridized carbons (Fsp3) is 0.240. The predicted molar refractivity (Wildman–Crippen MR) is 125 cm³/mol. The van der Waals surface area contributed by atoms with Crippen molar-refractivity contribution in [1.29, 1.82) is 0 Å². The lowest BCUT2D eigenvalue weighted by molar-refractivity contribution is 0.0697. The van der Waals surface area contributed by atoms with E-state index in [0.29, 0.717) is 11.9 Å². The third-order valence-electron chi connectivity index (χ3n) is 5.71. The number of aromatic nitrogens is 1. The highest BCUT2D eigenvalue weighted by atomic mass is 32.2. The van der Waals surface area contributed by atoms with Crippen LogP contribution >= 0.6 is 11.8 Å². The molecule has 2 aliphatic heterocycles. The number of carbonyl (C=O) groups is 1. The molecule has 2 aromatic carbocycles. The Morgan fingerprint density at radius 2 is 1.91 bits per heavy atom. The highest BCUT2D eigenvalue weighted by molar-refractivity contribution is 8.14. The van der Waals surface area contributed by atoms with Crippen molar-refractivity contribution in [3.8, 4) is 5.75 Å². The molecule has 6 nitrogen and oxygen atoms in total. The first-order chi connectivity index (χ1) is 15.6. The van der Waals surface area contributed by atoms with Crippen LogP contribution in [0.15, 0.2) is 77.9 Å². The van der Waals surface area contributed by atoms with E-state index in [1.54, 1.807) is 24.3 Å². The molecule has 1 aromatic heterocycles. The normalized spacial score (nSPS) is 21.8. The second-order valence-electron chi connectivity index (χ2n) is 7.97. The van der Waals surface area contributed by atoms with Crippen molar-refractivity contribution in [2.45, 2.75) is 30.9 Å². The summed E-state index contributed by atoms with van der Waals surface area (Å²) in [6.07, 6.45) is 1.81. The Kier molecular flexibility index (Phi) is 5.57. The Morgan fingerprint density at radius 1 is 1.12 bits per heavy atom. The van der Waals surface area contributed by atoms with E-state index in [-0.39, 0.29) is 17.6 Å². The van der Waals surface area contributed by atoms with Crippen LogP contribution in [0.3, 0.4) is 0 Å². The highest BCUT2D eigenvalue weighted by Crippen LogP contribution is 2.49. The average molecular weight is 446 g/mol. The summed E-state index contributed by atoms with van der Waals surface area (Å²) < 4.78 is 6.24. The average Bonchev–Trinajstić information content (AvgIpc) is 3.34. The van der Waals surface area contributed by atoms with Gasteiger partial charge in [0.05, 0.1) is 17.3 Å². The molecule has 3 aromatic rings. The maximum atomic E-state index is 11.1. The Balaban J connectivity index is 1.44. The quantitative estimate of drug-likeness (QED) is 0.579. The molecule has 1 fully saturated rings. The SMILES string of the molecule is CC1CN2C(=NC(c3ccccn3)C2c2ccccc2OCc2ccc(C(=O)O)cc2)S1. The molecular weight excluding hydrogens is 422 g/mol. The lowest BCUT2D eigenvalue weighted by atomic mass is 9.95. The van der Waals surface area contributed by atoms with Crippen LogP contribution in [0.4, 0.5) is 0 Å². The number of hydrogen-bond acceptors (Lipinski definition) is 6. The molecule has 1 saturated heterocycles. The fourth-order valence-electron chi connectivity index (χ4n) is 4.21. The van der Waals surface area contributed by atoms with Gasteiger partial charge in [0, 0.05) is 23.6 Å². The monoisotopic (exact) mass is 445 g/mol. The number of aromatic carboxylic acids is 1. The van der Waals surface area contributed by atoms with Crippen LogP contribution in [0.1, 0.15) is 46.2 Å². The molecule has 0 bridgehead atoms. The zero-order chi connectivity index (χ0) is 22.1. The van der Waals surface area contributed by atoms with Gasteiger partial charge in [0.2, 0.25) is 0 Å². The summed E-state index contributed by atoms with van der Waals surface area (Å²) in [7, 11) is 0. The second-order valence-corrected chi connectivity index (χ2v) is 9.37. The van der Waals surface area contributed by atoms with Crippen LogP contribution in [-0.4, -0.2) is 37.9 Å². The molecule has 162 valence electrons. The van der Waals surface area contributed by atoms with Crippen molar-refractivity contribution in [3.63, 3.8) is 0 Å². The number of benzene rings is 2. The highest BCUT2D eigenvalue weighted by Gasteiger charge is 2.44. The third-order valence-corrected chi connectivity index (χ3v) is 6.82. The van der Waals surface area contributed by atoms with E-state index >= 15 is 0 Å². The van der Waals surface area contributed by atoms with E-state index in [2.05, 4.69) is 22.9 Å². The summed E-state index contributed by atoms with van der Waals surface area (Å²) in [4.78, 5) is 23.1. The van der Waals surface area contributed by atoms with Crippen molar-refractivity contribution in [2.24, 2.45) is 4.99 Å². The number of amidine groups is 1. The first-order valence-electron chi connectivity index (χ1n) is 10.6. The number of carboxylic acids is 1. The minimum absolute atomic E-state index is 0.0166. The molecular formula is C25H23N3O3S. The first kappa shape index (κ1) is 20.6. The predicted octanol–water partition coefficient (Wildman–Crippen LogP) is 4.95. The van der Waals surface area contributed by atoms with Gasteiger partial charge in [0.1, 0.15) is 18.4 Å². The van der Waals surface area contributed by atoms with Crippen LogP contribution in [-0.2, 0) is 6.61 Å². The number of thioether (sulfide) groups is 1. The van der Waals surface area contributed by atoms with Gasteiger partial charge in [0.15, 0.2) is 5.17 Å². The van der Waals surface area contributed by atoms with Gasteiger partial charge >= 0.3 is 5.97 Å². The van der Waals surface area contributed by atoms with E-state index in [0.717, 1.165) is 34.3 Å². The smallest absolute Gasteiger partial charge is 0.335 e. The summed E-state index contributed by atoms with van der Waals surface area (Å²) in [6, 6.07) is 20.8. The number of fused-ring (bicyclic) bond motifs is 1. The van der Waals surface area contributed by atoms with Gasteiger partial charge < -0.3 is 14.7 Å². The topological polar surface area (TPSA) is 75.0 Å². The van der Waals surface area contributed by atoms with Crippen LogP contribution in [0.2, 0.25) is 0 Å². The maximum Gasteiger partial charge on any atom is 0.335 e. The first-order valence-corrected chi connectivity index (χ1v) is 11.4. The van der Waals surface area contributed by atoms with Gasteiger partial charge in [-0.25, -0.2) is 4.79 Å². The van der Waals surface area contributed by atoms with Crippen molar-refractivity contribution in [2.75, 3.05) is 6.54 Å². The molecule has 32 heavy (non-hydrogen) atoms. The van der Waals surface area contributed by atoms with E-state index in [9.17, 15) is 4.79 Å². The van der Waals surface area contributed by atoms with Crippen LogP contribution < -0.4 is 4.74 Å². The largest absolute Gasteiger partial charge is 0.489 e. The molecule has 0 aliphatic carbocycles. The Labute approximate surface area is 191 Å². The lowest BCUT2D eigenvalue weighted by Crippen LogP contribution is -2.29. The number of ether oxygens (including phenoxy) is 1. The molecule has 1 N–H and O–H groups in total. The summed E-state index contributed by atoms with van der Waals surface area (Å²) in [5.41, 5.74) is 3.22. The number of nitrogens with zero attached hydrogens (tertiary/aromatic N) is 3. The molecule has 0 amide bonds. The molecule has 7 heteroatoms. The van der Waals surface area contributed by atoms with Crippen molar-refractivity contribution >= 4 is 22.9 Å². The Morgan fingerprint density at radius 3 is 2.66 bits per heavy atom. The minimum atomic E-state index is -0.932. The lowest BCUT2D eigenvalue weighted by Gasteiger charge is -2.28. The fourth-order valence-corrected chi connectivity index (χ4v) is 5.31. The van der Waals surface area contributed by atoms with Gasteiger partial charge in [-0.3, -0.25) is 9.98 Å². The van der Waals surface area contributed by atoms with Gasteiger partial charge in [-0.2, -0.15) is 0 Å². The summed E-state index contributed by atoms with van der Waals surface area (Å²) in [6.45, 7) is 3.51. The number of hydrogen-bond donors (Lipinski definition) is 1. The van der Waals surface area contributed by atoms with Gasteiger partial charge in [0.25, 0.3) is 0 Å². The molecule has 5 rings (SSSR count). The molecule has 3 atom stereocenters. The van der Waals surface area contributed by atoms with Crippen molar-refractivity contribution in [3.05, 3.63) is 95.3 Å².